The van der Waals surface area contributed by atoms with Crippen LogP contribution in [0.1, 0.15) is 20.8 Å². The molecule has 0 aromatic rings. The van der Waals surface area contributed by atoms with Gasteiger partial charge in [0.05, 0.1) is 6.54 Å². The van der Waals surface area contributed by atoms with Crippen molar-refractivity contribution in [3.63, 3.8) is 0 Å². The van der Waals surface area contributed by atoms with Gasteiger partial charge in [0.25, 0.3) is 0 Å². The smallest absolute Gasteiger partial charge is 0.234 e. The van der Waals surface area contributed by atoms with Gasteiger partial charge < -0.3 is 10.6 Å². The fourth-order valence-electron chi connectivity index (χ4n) is 2.49. The lowest BCUT2D eigenvalue weighted by atomic mass is 10.1. The number of rotatable bonds is 5. The first kappa shape index (κ1) is 14.8. The molecular formula is C14H28N4O. The Labute approximate surface area is 116 Å². The first-order valence-corrected chi connectivity index (χ1v) is 7.52. The number of hydrogen-bond acceptors (Lipinski definition) is 4. The molecule has 2 saturated heterocycles. The molecule has 0 saturated carbocycles. The fraction of sp³-hybridized carbons (Fsp3) is 0.929. The number of carbonyl (C=O) groups excluding carboxylic acids is 1. The third-order valence-electron chi connectivity index (χ3n) is 4.44. The molecule has 0 bridgehead atoms. The first-order valence-electron chi connectivity index (χ1n) is 7.52. The molecule has 0 aliphatic carbocycles. The van der Waals surface area contributed by atoms with Crippen molar-refractivity contribution in [2.24, 2.45) is 5.92 Å². The summed E-state index contributed by atoms with van der Waals surface area (Å²) in [5, 5.41) is 6.39. The Kier molecular flexibility index (Phi) is 5.19. The molecule has 1 atom stereocenters. The van der Waals surface area contributed by atoms with E-state index in [1.165, 1.54) is 0 Å². The molecule has 0 aromatic carbocycles. The van der Waals surface area contributed by atoms with Crippen molar-refractivity contribution in [2.45, 2.75) is 32.9 Å². The summed E-state index contributed by atoms with van der Waals surface area (Å²) in [7, 11) is 0. The third-order valence-corrected chi connectivity index (χ3v) is 4.44. The number of hydrogen-bond donors (Lipinski definition) is 2. The van der Waals surface area contributed by atoms with Gasteiger partial charge in [0, 0.05) is 51.4 Å². The Balaban J connectivity index is 1.65. The Hall–Kier alpha value is -0.650. The van der Waals surface area contributed by atoms with Gasteiger partial charge >= 0.3 is 0 Å². The molecule has 1 unspecified atom stereocenters. The second-order valence-electron chi connectivity index (χ2n) is 6.22. The van der Waals surface area contributed by atoms with E-state index in [9.17, 15) is 4.79 Å². The molecule has 2 rings (SSSR count). The van der Waals surface area contributed by atoms with Crippen LogP contribution >= 0.6 is 0 Å². The second kappa shape index (κ2) is 6.68. The van der Waals surface area contributed by atoms with Crippen molar-refractivity contribution < 1.29 is 4.79 Å². The molecule has 5 nitrogen and oxygen atoms in total. The highest BCUT2D eigenvalue weighted by Gasteiger charge is 2.28. The van der Waals surface area contributed by atoms with Crippen molar-refractivity contribution in [1.82, 2.24) is 20.4 Å². The lowest BCUT2D eigenvalue weighted by molar-refractivity contribution is -0.123. The van der Waals surface area contributed by atoms with Crippen LogP contribution in [0.5, 0.6) is 0 Å². The minimum atomic E-state index is 0.167. The maximum atomic E-state index is 11.9. The van der Waals surface area contributed by atoms with Crippen molar-refractivity contribution in [3.8, 4) is 0 Å². The fourth-order valence-corrected chi connectivity index (χ4v) is 2.49. The quantitative estimate of drug-likeness (QED) is 0.721. The highest BCUT2D eigenvalue weighted by Crippen LogP contribution is 2.09. The van der Waals surface area contributed by atoms with Crippen molar-refractivity contribution in [3.05, 3.63) is 0 Å². The number of piperazine rings is 1. The summed E-state index contributed by atoms with van der Waals surface area (Å²) in [5.74, 6) is 0.659. The third kappa shape index (κ3) is 4.16. The predicted molar refractivity (Wildman–Crippen MR) is 77.1 cm³/mol. The maximum absolute atomic E-state index is 11.9. The monoisotopic (exact) mass is 268 g/mol. The van der Waals surface area contributed by atoms with Gasteiger partial charge in [-0.25, -0.2) is 0 Å². The average molecular weight is 268 g/mol. The summed E-state index contributed by atoms with van der Waals surface area (Å²) in [6.45, 7) is 13.4. The normalized spacial score (nSPS) is 24.2. The molecule has 2 N–H and O–H groups in total. The molecule has 0 spiro atoms. The Bertz CT molecular complexity index is 296. The SMILES string of the molecule is CC(C)C(C)NC(=O)CN1CCN(C2CNC2)CC1. The zero-order chi connectivity index (χ0) is 13.8. The van der Waals surface area contributed by atoms with E-state index in [2.05, 4.69) is 41.2 Å². The van der Waals surface area contributed by atoms with E-state index in [0.717, 1.165) is 45.3 Å². The van der Waals surface area contributed by atoms with E-state index >= 15 is 0 Å². The van der Waals surface area contributed by atoms with E-state index in [1.807, 2.05) is 0 Å². The van der Waals surface area contributed by atoms with E-state index in [0.29, 0.717) is 12.5 Å². The highest BCUT2D eigenvalue weighted by atomic mass is 16.2. The van der Waals surface area contributed by atoms with Gasteiger partial charge in [-0.15, -0.1) is 0 Å². The van der Waals surface area contributed by atoms with Gasteiger partial charge in [-0.05, 0) is 12.8 Å². The molecule has 19 heavy (non-hydrogen) atoms. The summed E-state index contributed by atoms with van der Waals surface area (Å²) in [5.41, 5.74) is 0. The molecule has 2 fully saturated rings. The van der Waals surface area contributed by atoms with Crippen LogP contribution in [0.3, 0.4) is 0 Å². The first-order chi connectivity index (χ1) is 9.06. The van der Waals surface area contributed by atoms with Crippen LogP contribution in [0.25, 0.3) is 0 Å². The van der Waals surface area contributed by atoms with Gasteiger partial charge in [0.1, 0.15) is 0 Å². The lowest BCUT2D eigenvalue weighted by Gasteiger charge is -2.43. The Morgan fingerprint density at radius 1 is 1.21 bits per heavy atom. The van der Waals surface area contributed by atoms with Crippen molar-refractivity contribution >= 4 is 5.91 Å². The van der Waals surface area contributed by atoms with Crippen molar-refractivity contribution in [1.29, 1.82) is 0 Å². The molecular weight excluding hydrogens is 240 g/mol. The standard InChI is InChI=1S/C14H28N4O/c1-11(2)12(3)16-14(19)10-17-4-6-18(7-5-17)13-8-15-9-13/h11-13,15H,4-10H2,1-3H3,(H,16,19). The zero-order valence-corrected chi connectivity index (χ0v) is 12.5. The molecule has 0 radical (unpaired) electrons. The zero-order valence-electron chi connectivity index (χ0n) is 12.5. The minimum Gasteiger partial charge on any atom is -0.352 e. The average Bonchev–Trinajstić information content (AvgIpc) is 2.29. The summed E-state index contributed by atoms with van der Waals surface area (Å²) >= 11 is 0. The van der Waals surface area contributed by atoms with E-state index in [-0.39, 0.29) is 11.9 Å². The Morgan fingerprint density at radius 2 is 1.84 bits per heavy atom. The van der Waals surface area contributed by atoms with E-state index in [4.69, 9.17) is 0 Å². The van der Waals surface area contributed by atoms with Gasteiger partial charge in [-0.3, -0.25) is 14.6 Å². The van der Waals surface area contributed by atoms with Crippen LogP contribution in [-0.4, -0.2) is 73.6 Å². The van der Waals surface area contributed by atoms with Gasteiger partial charge in [0.2, 0.25) is 5.91 Å². The molecule has 2 aliphatic rings. The molecule has 2 heterocycles. The molecule has 2 aliphatic heterocycles. The van der Waals surface area contributed by atoms with E-state index < -0.39 is 0 Å². The number of amides is 1. The van der Waals surface area contributed by atoms with E-state index in [1.54, 1.807) is 0 Å². The molecule has 1 amide bonds. The van der Waals surface area contributed by atoms with Gasteiger partial charge in [-0.2, -0.15) is 0 Å². The van der Waals surface area contributed by atoms with Crippen LogP contribution in [0.15, 0.2) is 0 Å². The molecule has 0 aromatic heterocycles. The number of nitrogens with one attached hydrogen (secondary N) is 2. The van der Waals surface area contributed by atoms with Gasteiger partial charge in [-0.1, -0.05) is 13.8 Å². The minimum absolute atomic E-state index is 0.167. The van der Waals surface area contributed by atoms with Crippen LogP contribution in [0.4, 0.5) is 0 Å². The van der Waals surface area contributed by atoms with Gasteiger partial charge in [0.15, 0.2) is 0 Å². The molecule has 110 valence electrons. The van der Waals surface area contributed by atoms with Crippen LogP contribution < -0.4 is 10.6 Å². The lowest BCUT2D eigenvalue weighted by Crippen LogP contribution is -2.62. The number of carbonyl (C=O) groups is 1. The summed E-state index contributed by atoms with van der Waals surface area (Å²) in [4.78, 5) is 16.7. The van der Waals surface area contributed by atoms with Crippen molar-refractivity contribution in [2.75, 3.05) is 45.8 Å². The number of nitrogens with zero attached hydrogens (tertiary/aromatic N) is 2. The summed E-state index contributed by atoms with van der Waals surface area (Å²) < 4.78 is 0. The topological polar surface area (TPSA) is 47.6 Å². The summed E-state index contributed by atoms with van der Waals surface area (Å²) in [6, 6.07) is 0.992. The summed E-state index contributed by atoms with van der Waals surface area (Å²) in [6.07, 6.45) is 0. The second-order valence-corrected chi connectivity index (χ2v) is 6.22. The van der Waals surface area contributed by atoms with Crippen LogP contribution in [0, 0.1) is 5.92 Å². The van der Waals surface area contributed by atoms with Crippen LogP contribution in [-0.2, 0) is 4.79 Å². The maximum Gasteiger partial charge on any atom is 0.234 e. The largest absolute Gasteiger partial charge is 0.352 e. The molecule has 5 heteroatoms. The Morgan fingerprint density at radius 3 is 2.32 bits per heavy atom. The highest BCUT2D eigenvalue weighted by molar-refractivity contribution is 5.78. The van der Waals surface area contributed by atoms with Crippen LogP contribution in [0.2, 0.25) is 0 Å². The predicted octanol–water partition coefficient (Wildman–Crippen LogP) is -0.263.